The van der Waals surface area contributed by atoms with Crippen LogP contribution < -0.4 is 5.32 Å². The highest BCUT2D eigenvalue weighted by Gasteiger charge is 2.25. The summed E-state index contributed by atoms with van der Waals surface area (Å²) < 4.78 is 2.16. The molecule has 3 nitrogen and oxygen atoms in total. The number of aromatic nitrogens is 1. The first-order valence-electron chi connectivity index (χ1n) is 5.78. The fraction of sp³-hybridized carbons (Fsp3) is 0.667. The van der Waals surface area contributed by atoms with E-state index in [4.69, 9.17) is 0 Å². The van der Waals surface area contributed by atoms with Crippen molar-refractivity contribution in [2.24, 2.45) is 7.05 Å². The molecule has 0 saturated heterocycles. The standard InChI is InChI=1S/C12H21N3/c1-14-8-3-4-12(14)10-13-7-9-15(2)11-5-6-11/h3-4,8,11,13H,5-7,9-10H2,1-2H3. The second-order valence-corrected chi connectivity index (χ2v) is 4.50. The average molecular weight is 207 g/mol. The average Bonchev–Trinajstić information content (AvgIpc) is 2.99. The predicted molar refractivity (Wildman–Crippen MR) is 62.8 cm³/mol. The largest absolute Gasteiger partial charge is 0.353 e. The van der Waals surface area contributed by atoms with Gasteiger partial charge in [-0.1, -0.05) is 0 Å². The molecule has 0 aliphatic heterocycles. The molecule has 0 aromatic carbocycles. The zero-order valence-corrected chi connectivity index (χ0v) is 9.74. The zero-order chi connectivity index (χ0) is 10.7. The highest BCUT2D eigenvalue weighted by molar-refractivity contribution is 5.05. The molecular weight excluding hydrogens is 186 g/mol. The minimum Gasteiger partial charge on any atom is -0.353 e. The van der Waals surface area contributed by atoms with Gasteiger partial charge in [0.1, 0.15) is 0 Å². The fourth-order valence-corrected chi connectivity index (χ4v) is 1.85. The first kappa shape index (κ1) is 10.7. The van der Waals surface area contributed by atoms with Gasteiger partial charge in [0.2, 0.25) is 0 Å². The lowest BCUT2D eigenvalue weighted by Crippen LogP contribution is -2.30. The second-order valence-electron chi connectivity index (χ2n) is 4.50. The van der Waals surface area contributed by atoms with Crippen molar-refractivity contribution in [3.05, 3.63) is 24.0 Å². The molecule has 0 radical (unpaired) electrons. The van der Waals surface area contributed by atoms with E-state index in [0.29, 0.717) is 0 Å². The molecule has 1 fully saturated rings. The summed E-state index contributed by atoms with van der Waals surface area (Å²) in [6.07, 6.45) is 4.88. The van der Waals surface area contributed by atoms with Crippen molar-refractivity contribution < 1.29 is 0 Å². The van der Waals surface area contributed by atoms with E-state index in [2.05, 4.69) is 47.2 Å². The van der Waals surface area contributed by atoms with Crippen molar-refractivity contribution in [1.29, 1.82) is 0 Å². The number of rotatable bonds is 6. The van der Waals surface area contributed by atoms with E-state index in [9.17, 15) is 0 Å². The fourth-order valence-electron chi connectivity index (χ4n) is 1.85. The number of likely N-dealkylation sites (N-methyl/N-ethyl adjacent to an activating group) is 1. The van der Waals surface area contributed by atoms with Crippen LogP contribution in [0.3, 0.4) is 0 Å². The van der Waals surface area contributed by atoms with Gasteiger partial charge in [0.25, 0.3) is 0 Å². The van der Waals surface area contributed by atoms with Crippen LogP contribution in [0.1, 0.15) is 18.5 Å². The van der Waals surface area contributed by atoms with Gasteiger partial charge in [0, 0.05) is 44.6 Å². The van der Waals surface area contributed by atoms with Crippen molar-refractivity contribution in [2.45, 2.75) is 25.4 Å². The van der Waals surface area contributed by atoms with Crippen molar-refractivity contribution >= 4 is 0 Å². The van der Waals surface area contributed by atoms with Crippen LogP contribution in [0.15, 0.2) is 18.3 Å². The molecule has 84 valence electrons. The molecule has 0 atom stereocenters. The van der Waals surface area contributed by atoms with Crippen LogP contribution in [-0.4, -0.2) is 35.6 Å². The van der Waals surface area contributed by atoms with Crippen LogP contribution in [0, 0.1) is 0 Å². The Morgan fingerprint density at radius 1 is 1.53 bits per heavy atom. The summed E-state index contributed by atoms with van der Waals surface area (Å²) in [5.41, 5.74) is 1.35. The monoisotopic (exact) mass is 207 g/mol. The highest BCUT2D eigenvalue weighted by atomic mass is 15.2. The van der Waals surface area contributed by atoms with Gasteiger partial charge >= 0.3 is 0 Å². The van der Waals surface area contributed by atoms with Crippen molar-refractivity contribution in [2.75, 3.05) is 20.1 Å². The Labute approximate surface area is 92.1 Å². The summed E-state index contributed by atoms with van der Waals surface area (Å²) >= 11 is 0. The van der Waals surface area contributed by atoms with Gasteiger partial charge in [-0.25, -0.2) is 0 Å². The Kier molecular flexibility index (Phi) is 3.44. The number of hydrogen-bond acceptors (Lipinski definition) is 2. The quantitative estimate of drug-likeness (QED) is 0.708. The normalized spacial score (nSPS) is 16.2. The molecule has 0 spiro atoms. The lowest BCUT2D eigenvalue weighted by atomic mass is 10.4. The molecule has 1 aliphatic carbocycles. The van der Waals surface area contributed by atoms with Crippen molar-refractivity contribution in [3.63, 3.8) is 0 Å². The molecular formula is C12H21N3. The molecule has 1 saturated carbocycles. The van der Waals surface area contributed by atoms with Gasteiger partial charge in [-0.2, -0.15) is 0 Å². The predicted octanol–water partition coefficient (Wildman–Crippen LogP) is 1.21. The lowest BCUT2D eigenvalue weighted by Gasteiger charge is -2.15. The number of aryl methyl sites for hydroxylation is 1. The zero-order valence-electron chi connectivity index (χ0n) is 9.74. The summed E-state index contributed by atoms with van der Waals surface area (Å²) in [5, 5.41) is 3.48. The maximum atomic E-state index is 3.48. The van der Waals surface area contributed by atoms with E-state index in [1.54, 1.807) is 0 Å². The Morgan fingerprint density at radius 3 is 2.93 bits per heavy atom. The Bertz CT molecular complexity index is 302. The molecule has 0 unspecified atom stereocenters. The Morgan fingerprint density at radius 2 is 2.33 bits per heavy atom. The third-order valence-corrected chi connectivity index (χ3v) is 3.17. The minimum absolute atomic E-state index is 0.877. The van der Waals surface area contributed by atoms with Gasteiger partial charge in [-0.3, -0.25) is 0 Å². The summed E-state index contributed by atoms with van der Waals surface area (Å²) in [6.45, 7) is 3.22. The number of nitrogens with one attached hydrogen (secondary N) is 1. The van der Waals surface area contributed by atoms with Crippen LogP contribution in [0.25, 0.3) is 0 Å². The summed E-state index contributed by atoms with van der Waals surface area (Å²) in [6, 6.07) is 5.13. The van der Waals surface area contributed by atoms with Crippen molar-refractivity contribution in [1.82, 2.24) is 14.8 Å². The SMILES string of the molecule is CN(CCNCc1cccn1C)C1CC1. The molecule has 0 amide bonds. The molecule has 1 heterocycles. The molecule has 3 heteroatoms. The lowest BCUT2D eigenvalue weighted by molar-refractivity contribution is 0.321. The molecule has 0 bridgehead atoms. The molecule has 1 aromatic rings. The van der Waals surface area contributed by atoms with Crippen LogP contribution >= 0.6 is 0 Å². The van der Waals surface area contributed by atoms with Gasteiger partial charge < -0.3 is 14.8 Å². The molecule has 1 aromatic heterocycles. The molecule has 1 N–H and O–H groups in total. The maximum absolute atomic E-state index is 3.48. The Hall–Kier alpha value is -0.800. The third-order valence-electron chi connectivity index (χ3n) is 3.17. The van der Waals surface area contributed by atoms with E-state index in [1.807, 2.05) is 0 Å². The van der Waals surface area contributed by atoms with E-state index < -0.39 is 0 Å². The van der Waals surface area contributed by atoms with E-state index >= 15 is 0 Å². The van der Waals surface area contributed by atoms with Crippen LogP contribution in [-0.2, 0) is 13.6 Å². The maximum Gasteiger partial charge on any atom is 0.0359 e. The van der Waals surface area contributed by atoms with Crippen LogP contribution in [0.5, 0.6) is 0 Å². The van der Waals surface area contributed by atoms with Crippen LogP contribution in [0.4, 0.5) is 0 Å². The molecule has 2 rings (SSSR count). The van der Waals surface area contributed by atoms with Gasteiger partial charge in [-0.05, 0) is 32.0 Å². The molecule has 1 aliphatic rings. The van der Waals surface area contributed by atoms with Gasteiger partial charge in [0.05, 0.1) is 0 Å². The highest BCUT2D eigenvalue weighted by Crippen LogP contribution is 2.24. The smallest absolute Gasteiger partial charge is 0.0359 e. The van der Waals surface area contributed by atoms with E-state index in [0.717, 1.165) is 25.7 Å². The topological polar surface area (TPSA) is 20.2 Å². The minimum atomic E-state index is 0.877. The summed E-state index contributed by atoms with van der Waals surface area (Å²) in [7, 11) is 4.31. The summed E-state index contributed by atoms with van der Waals surface area (Å²) in [5.74, 6) is 0. The van der Waals surface area contributed by atoms with E-state index in [1.165, 1.54) is 18.5 Å². The summed E-state index contributed by atoms with van der Waals surface area (Å²) in [4.78, 5) is 2.46. The third kappa shape index (κ3) is 3.08. The van der Waals surface area contributed by atoms with Gasteiger partial charge in [-0.15, -0.1) is 0 Å². The first-order valence-corrected chi connectivity index (χ1v) is 5.78. The number of nitrogens with zero attached hydrogens (tertiary/aromatic N) is 2. The Balaban J connectivity index is 1.60. The van der Waals surface area contributed by atoms with Crippen molar-refractivity contribution in [3.8, 4) is 0 Å². The number of hydrogen-bond donors (Lipinski definition) is 1. The van der Waals surface area contributed by atoms with E-state index in [-0.39, 0.29) is 0 Å². The molecule has 15 heavy (non-hydrogen) atoms. The second kappa shape index (κ2) is 4.81. The van der Waals surface area contributed by atoms with Gasteiger partial charge in [0.15, 0.2) is 0 Å². The first-order chi connectivity index (χ1) is 7.27. The van der Waals surface area contributed by atoms with Crippen LogP contribution in [0.2, 0.25) is 0 Å².